The van der Waals surface area contributed by atoms with Gasteiger partial charge in [0.1, 0.15) is 11.6 Å². The van der Waals surface area contributed by atoms with Crippen LogP contribution in [0.15, 0.2) is 34.9 Å². The van der Waals surface area contributed by atoms with E-state index in [0.29, 0.717) is 23.1 Å². The molecule has 1 aromatic heterocycles. The highest BCUT2D eigenvalue weighted by molar-refractivity contribution is 9.10. The van der Waals surface area contributed by atoms with E-state index in [9.17, 15) is 9.18 Å². The van der Waals surface area contributed by atoms with Crippen molar-refractivity contribution < 1.29 is 9.18 Å². The molecule has 1 aliphatic rings. The lowest BCUT2D eigenvalue weighted by atomic mass is 10.1. The molecule has 0 radical (unpaired) electrons. The van der Waals surface area contributed by atoms with Crippen molar-refractivity contribution >= 4 is 27.7 Å². The molecule has 2 aromatic rings. The molecule has 1 amide bonds. The lowest BCUT2D eigenvalue weighted by molar-refractivity contribution is 0.0746. The van der Waals surface area contributed by atoms with Crippen LogP contribution in [0.4, 0.5) is 10.2 Å². The zero-order valence-corrected chi connectivity index (χ0v) is 15.3. The number of carbonyl (C=O) groups excluding carboxylic acids is 1. The summed E-state index contributed by atoms with van der Waals surface area (Å²) >= 11 is 3.11. The maximum atomic E-state index is 13.6. The largest absolute Gasteiger partial charge is 0.353 e. The van der Waals surface area contributed by atoms with Crippen LogP contribution in [0.2, 0.25) is 0 Å². The highest BCUT2D eigenvalue weighted by Gasteiger charge is 2.24. The second-order valence-electron chi connectivity index (χ2n) is 6.06. The Morgan fingerprint density at radius 2 is 1.88 bits per heavy atom. The van der Waals surface area contributed by atoms with Gasteiger partial charge in [-0.1, -0.05) is 6.07 Å². The minimum atomic E-state index is -0.418. The topological polar surface area (TPSA) is 36.4 Å². The van der Waals surface area contributed by atoms with Crippen molar-refractivity contribution in [1.82, 2.24) is 9.88 Å². The van der Waals surface area contributed by atoms with Crippen LogP contribution in [-0.2, 0) is 0 Å². The SMILES string of the molecule is Cc1cnc(N2CCN(C(=O)c3ccc(Br)c(F)c3)CC2)c(C)c1. The average molecular weight is 392 g/mol. The molecule has 0 bridgehead atoms. The molecule has 1 aliphatic heterocycles. The molecule has 0 saturated carbocycles. The summed E-state index contributed by atoms with van der Waals surface area (Å²) in [6.45, 7) is 6.73. The molecular weight excluding hydrogens is 373 g/mol. The van der Waals surface area contributed by atoms with E-state index in [1.165, 1.54) is 6.07 Å². The average Bonchev–Trinajstić information content (AvgIpc) is 2.57. The molecule has 1 fully saturated rings. The number of carbonyl (C=O) groups is 1. The summed E-state index contributed by atoms with van der Waals surface area (Å²) in [4.78, 5) is 21.0. The van der Waals surface area contributed by atoms with E-state index in [-0.39, 0.29) is 5.91 Å². The minimum absolute atomic E-state index is 0.130. The van der Waals surface area contributed by atoms with Crippen LogP contribution < -0.4 is 4.90 Å². The normalized spacial score (nSPS) is 14.8. The molecular formula is C18H19BrFN3O. The number of piperazine rings is 1. The van der Waals surface area contributed by atoms with Crippen molar-refractivity contribution in [3.63, 3.8) is 0 Å². The van der Waals surface area contributed by atoms with Crippen LogP contribution in [0.5, 0.6) is 0 Å². The van der Waals surface area contributed by atoms with E-state index in [1.807, 2.05) is 13.1 Å². The molecule has 126 valence electrons. The first-order valence-electron chi connectivity index (χ1n) is 7.88. The first-order valence-corrected chi connectivity index (χ1v) is 8.67. The fourth-order valence-corrected chi connectivity index (χ4v) is 3.22. The number of hydrogen-bond acceptors (Lipinski definition) is 3. The molecule has 1 saturated heterocycles. The van der Waals surface area contributed by atoms with E-state index in [1.54, 1.807) is 17.0 Å². The number of amides is 1. The van der Waals surface area contributed by atoms with E-state index in [2.05, 4.69) is 38.8 Å². The standard InChI is InChI=1S/C18H19BrFN3O/c1-12-9-13(2)17(21-11-12)22-5-7-23(8-6-22)18(24)14-3-4-15(19)16(20)10-14/h3-4,9-11H,5-8H2,1-2H3. The Morgan fingerprint density at radius 1 is 1.17 bits per heavy atom. The summed E-state index contributed by atoms with van der Waals surface area (Å²) in [5, 5.41) is 0. The Balaban J connectivity index is 1.68. The van der Waals surface area contributed by atoms with Crippen molar-refractivity contribution in [1.29, 1.82) is 0 Å². The van der Waals surface area contributed by atoms with Gasteiger partial charge in [0.2, 0.25) is 0 Å². The first kappa shape index (κ1) is 16.9. The van der Waals surface area contributed by atoms with E-state index in [0.717, 1.165) is 30.0 Å². The quantitative estimate of drug-likeness (QED) is 0.784. The van der Waals surface area contributed by atoms with E-state index >= 15 is 0 Å². The summed E-state index contributed by atoms with van der Waals surface area (Å²) in [5.41, 5.74) is 2.67. The molecule has 0 unspecified atom stereocenters. The maximum Gasteiger partial charge on any atom is 0.254 e. The molecule has 0 N–H and O–H groups in total. The monoisotopic (exact) mass is 391 g/mol. The van der Waals surface area contributed by atoms with E-state index in [4.69, 9.17) is 0 Å². The van der Waals surface area contributed by atoms with Crippen LogP contribution in [-0.4, -0.2) is 42.0 Å². The fourth-order valence-electron chi connectivity index (χ4n) is 2.97. The van der Waals surface area contributed by atoms with Gasteiger partial charge in [-0.05, 0) is 59.1 Å². The molecule has 6 heteroatoms. The Bertz CT molecular complexity index is 773. The number of benzene rings is 1. The van der Waals surface area contributed by atoms with Gasteiger partial charge in [0, 0.05) is 37.9 Å². The van der Waals surface area contributed by atoms with Gasteiger partial charge >= 0.3 is 0 Å². The Kier molecular flexibility index (Phi) is 4.85. The van der Waals surface area contributed by atoms with Gasteiger partial charge in [-0.15, -0.1) is 0 Å². The number of aryl methyl sites for hydroxylation is 2. The van der Waals surface area contributed by atoms with Gasteiger partial charge in [0.05, 0.1) is 4.47 Å². The second-order valence-corrected chi connectivity index (χ2v) is 6.92. The highest BCUT2D eigenvalue weighted by Crippen LogP contribution is 2.21. The van der Waals surface area contributed by atoms with Crippen molar-refractivity contribution in [2.24, 2.45) is 0 Å². The molecule has 2 heterocycles. The van der Waals surface area contributed by atoms with Crippen molar-refractivity contribution in [2.45, 2.75) is 13.8 Å². The van der Waals surface area contributed by atoms with Crippen molar-refractivity contribution in [3.8, 4) is 0 Å². The van der Waals surface area contributed by atoms with Gasteiger partial charge in [0.25, 0.3) is 5.91 Å². The molecule has 24 heavy (non-hydrogen) atoms. The molecule has 4 nitrogen and oxygen atoms in total. The van der Waals surface area contributed by atoms with Crippen molar-refractivity contribution in [2.75, 3.05) is 31.1 Å². The summed E-state index contributed by atoms with van der Waals surface area (Å²) in [7, 11) is 0. The number of halogens is 2. The predicted octanol–water partition coefficient (Wildman–Crippen LogP) is 3.56. The second kappa shape index (κ2) is 6.89. The Morgan fingerprint density at radius 3 is 2.50 bits per heavy atom. The minimum Gasteiger partial charge on any atom is -0.353 e. The maximum absolute atomic E-state index is 13.6. The first-order chi connectivity index (χ1) is 11.5. The van der Waals surface area contributed by atoms with Crippen LogP contribution in [0.25, 0.3) is 0 Å². The smallest absolute Gasteiger partial charge is 0.254 e. The third kappa shape index (κ3) is 3.43. The molecule has 3 rings (SSSR count). The number of aromatic nitrogens is 1. The lowest BCUT2D eigenvalue weighted by Gasteiger charge is -2.36. The summed E-state index contributed by atoms with van der Waals surface area (Å²) in [6, 6.07) is 6.61. The molecule has 0 atom stereocenters. The van der Waals surface area contributed by atoms with Gasteiger partial charge in [-0.3, -0.25) is 4.79 Å². The van der Waals surface area contributed by atoms with Crippen LogP contribution in [0.1, 0.15) is 21.5 Å². The number of hydrogen-bond donors (Lipinski definition) is 0. The summed E-state index contributed by atoms with van der Waals surface area (Å²) in [6.07, 6.45) is 1.87. The lowest BCUT2D eigenvalue weighted by Crippen LogP contribution is -2.49. The number of rotatable bonds is 2. The third-order valence-corrected chi connectivity index (χ3v) is 4.86. The fraction of sp³-hybridized carbons (Fsp3) is 0.333. The summed E-state index contributed by atoms with van der Waals surface area (Å²) < 4.78 is 14.0. The van der Waals surface area contributed by atoms with Crippen LogP contribution in [0.3, 0.4) is 0 Å². The number of anilines is 1. The third-order valence-electron chi connectivity index (χ3n) is 4.22. The molecule has 1 aromatic carbocycles. The van der Waals surface area contributed by atoms with Gasteiger partial charge in [0.15, 0.2) is 0 Å². The zero-order valence-electron chi connectivity index (χ0n) is 13.7. The molecule has 0 spiro atoms. The highest BCUT2D eigenvalue weighted by atomic mass is 79.9. The van der Waals surface area contributed by atoms with Crippen LogP contribution >= 0.6 is 15.9 Å². The van der Waals surface area contributed by atoms with Gasteiger partial charge in [-0.2, -0.15) is 0 Å². The predicted molar refractivity (Wildman–Crippen MR) is 95.9 cm³/mol. The Labute approximate surface area is 149 Å². The Hall–Kier alpha value is -1.95. The van der Waals surface area contributed by atoms with Gasteiger partial charge < -0.3 is 9.80 Å². The van der Waals surface area contributed by atoms with Crippen molar-refractivity contribution in [3.05, 3.63) is 57.4 Å². The van der Waals surface area contributed by atoms with Gasteiger partial charge in [-0.25, -0.2) is 9.37 Å². The zero-order chi connectivity index (χ0) is 17.3. The van der Waals surface area contributed by atoms with Crippen LogP contribution in [0, 0.1) is 19.7 Å². The molecule has 0 aliphatic carbocycles. The van der Waals surface area contributed by atoms with E-state index < -0.39 is 5.82 Å². The number of nitrogens with zero attached hydrogens (tertiary/aromatic N) is 3. The summed E-state index contributed by atoms with van der Waals surface area (Å²) in [5.74, 6) is 0.427. The number of pyridine rings is 1.